The second kappa shape index (κ2) is 9.53. The van der Waals surface area contributed by atoms with Crippen LogP contribution < -0.4 is 10.6 Å². The third-order valence-electron chi connectivity index (χ3n) is 4.30. The van der Waals surface area contributed by atoms with Crippen molar-refractivity contribution in [2.24, 2.45) is 0 Å². The van der Waals surface area contributed by atoms with E-state index in [9.17, 15) is 13.2 Å². The van der Waals surface area contributed by atoms with Crippen LogP contribution in [-0.4, -0.2) is 52.3 Å². The van der Waals surface area contributed by atoms with Gasteiger partial charge in [-0.1, -0.05) is 48.0 Å². The van der Waals surface area contributed by atoms with E-state index in [1.54, 1.807) is 30.3 Å². The molecule has 0 aliphatic rings. The molecule has 6 nitrogen and oxygen atoms in total. The van der Waals surface area contributed by atoms with Gasteiger partial charge < -0.3 is 15.5 Å². The smallest absolute Gasteiger partial charge is 0.314 e. The van der Waals surface area contributed by atoms with E-state index in [4.69, 9.17) is 0 Å². The number of hydrogen-bond donors (Lipinski definition) is 2. The molecule has 2 N–H and O–H groups in total. The summed E-state index contributed by atoms with van der Waals surface area (Å²) in [6.07, 6.45) is 0. The highest BCUT2D eigenvalue weighted by atomic mass is 32.2. The second-order valence-electron chi connectivity index (χ2n) is 6.66. The molecule has 2 aromatic carbocycles. The summed E-state index contributed by atoms with van der Waals surface area (Å²) < 4.78 is 24.4. The van der Waals surface area contributed by atoms with E-state index < -0.39 is 9.84 Å². The van der Waals surface area contributed by atoms with Gasteiger partial charge in [0, 0.05) is 13.1 Å². The lowest BCUT2D eigenvalue weighted by molar-refractivity contribution is 0.233. The normalized spacial score (nSPS) is 12.6. The maximum atomic E-state index is 12.2. The molecule has 0 fully saturated rings. The van der Waals surface area contributed by atoms with Gasteiger partial charge in [0.05, 0.1) is 16.7 Å². The van der Waals surface area contributed by atoms with Crippen molar-refractivity contribution in [3.63, 3.8) is 0 Å². The van der Waals surface area contributed by atoms with Gasteiger partial charge in [0.2, 0.25) is 0 Å². The lowest BCUT2D eigenvalue weighted by Gasteiger charge is -2.25. The number of benzene rings is 2. The van der Waals surface area contributed by atoms with E-state index in [-0.39, 0.29) is 29.3 Å². The van der Waals surface area contributed by atoms with E-state index in [1.807, 2.05) is 50.2 Å². The SMILES string of the molecule is Cc1ccc(C(CNC(=O)NCCS(=O)(=O)c2ccccc2)N(C)C)cc1. The van der Waals surface area contributed by atoms with Crippen molar-refractivity contribution in [2.45, 2.75) is 17.9 Å². The third kappa shape index (κ3) is 6.37. The summed E-state index contributed by atoms with van der Waals surface area (Å²) in [7, 11) is 0.511. The molecule has 0 bridgehead atoms. The molecule has 0 radical (unpaired) electrons. The molecule has 0 saturated carbocycles. The summed E-state index contributed by atoms with van der Waals surface area (Å²) >= 11 is 0. The zero-order valence-corrected chi connectivity index (χ0v) is 16.8. The maximum absolute atomic E-state index is 12.2. The highest BCUT2D eigenvalue weighted by molar-refractivity contribution is 7.91. The standard InChI is InChI=1S/C20H27N3O3S/c1-16-9-11-17(12-10-16)19(23(2)3)15-22-20(24)21-13-14-27(25,26)18-7-5-4-6-8-18/h4-12,19H,13-15H2,1-3H3,(H2,21,22,24). The Morgan fingerprint density at radius 1 is 1.00 bits per heavy atom. The zero-order chi connectivity index (χ0) is 19.9. The van der Waals surface area contributed by atoms with E-state index in [0.717, 1.165) is 5.56 Å². The molecule has 0 aromatic heterocycles. The highest BCUT2D eigenvalue weighted by Gasteiger charge is 2.16. The molecule has 1 unspecified atom stereocenters. The van der Waals surface area contributed by atoms with Crippen molar-refractivity contribution in [3.05, 3.63) is 65.7 Å². The number of likely N-dealkylation sites (N-methyl/N-ethyl adjacent to an activating group) is 1. The molecule has 0 aliphatic heterocycles. The van der Waals surface area contributed by atoms with Gasteiger partial charge in [-0.15, -0.1) is 0 Å². The van der Waals surface area contributed by atoms with Gasteiger partial charge >= 0.3 is 6.03 Å². The minimum atomic E-state index is -3.40. The predicted octanol–water partition coefficient (Wildman–Crippen LogP) is 2.37. The molecule has 2 rings (SSSR count). The van der Waals surface area contributed by atoms with E-state index in [0.29, 0.717) is 6.54 Å². The Morgan fingerprint density at radius 3 is 2.22 bits per heavy atom. The number of aryl methyl sites for hydroxylation is 1. The highest BCUT2D eigenvalue weighted by Crippen LogP contribution is 2.17. The van der Waals surface area contributed by atoms with Gasteiger partial charge in [0.15, 0.2) is 9.84 Å². The molecule has 1 atom stereocenters. The van der Waals surface area contributed by atoms with Crippen molar-refractivity contribution in [1.82, 2.24) is 15.5 Å². The summed E-state index contributed by atoms with van der Waals surface area (Å²) in [5.41, 5.74) is 2.29. The molecule has 146 valence electrons. The van der Waals surface area contributed by atoms with Crippen LogP contribution in [0.5, 0.6) is 0 Å². The first kappa shape index (κ1) is 20.9. The van der Waals surface area contributed by atoms with E-state index in [1.165, 1.54) is 5.56 Å². The second-order valence-corrected chi connectivity index (χ2v) is 8.77. The summed E-state index contributed by atoms with van der Waals surface area (Å²) in [4.78, 5) is 14.3. The Labute approximate surface area is 161 Å². The van der Waals surface area contributed by atoms with Crippen LogP contribution >= 0.6 is 0 Å². The van der Waals surface area contributed by atoms with Gasteiger partial charge in [-0.05, 0) is 38.7 Å². The van der Waals surface area contributed by atoms with Crippen LogP contribution in [0.3, 0.4) is 0 Å². The van der Waals surface area contributed by atoms with Crippen LogP contribution in [0.1, 0.15) is 17.2 Å². The average Bonchev–Trinajstić information content (AvgIpc) is 2.63. The van der Waals surface area contributed by atoms with E-state index >= 15 is 0 Å². The Balaban J connectivity index is 1.83. The van der Waals surface area contributed by atoms with Crippen LogP contribution in [0.15, 0.2) is 59.5 Å². The van der Waals surface area contributed by atoms with E-state index in [2.05, 4.69) is 10.6 Å². The number of nitrogens with zero attached hydrogens (tertiary/aromatic N) is 1. The Hall–Kier alpha value is -2.38. The molecule has 27 heavy (non-hydrogen) atoms. The number of carbonyl (C=O) groups is 1. The van der Waals surface area contributed by atoms with Crippen LogP contribution in [0.2, 0.25) is 0 Å². The van der Waals surface area contributed by atoms with Crippen molar-refractivity contribution in [3.8, 4) is 0 Å². The molecular weight excluding hydrogens is 362 g/mol. The first-order valence-electron chi connectivity index (χ1n) is 8.82. The lowest BCUT2D eigenvalue weighted by Crippen LogP contribution is -2.41. The molecule has 0 saturated heterocycles. The summed E-state index contributed by atoms with van der Waals surface area (Å²) in [6.45, 7) is 2.51. The first-order valence-corrected chi connectivity index (χ1v) is 10.5. The third-order valence-corrected chi connectivity index (χ3v) is 6.03. The average molecular weight is 390 g/mol. The number of hydrogen-bond acceptors (Lipinski definition) is 4. The summed E-state index contributed by atoms with van der Waals surface area (Å²) in [5.74, 6) is -0.139. The van der Waals surface area contributed by atoms with Crippen LogP contribution in [0.4, 0.5) is 4.79 Å². The number of amides is 2. The number of urea groups is 1. The molecule has 7 heteroatoms. The minimum Gasteiger partial charge on any atom is -0.337 e. The zero-order valence-electron chi connectivity index (χ0n) is 16.0. The molecular formula is C20H27N3O3S. The molecule has 2 amide bonds. The molecule has 0 spiro atoms. The fourth-order valence-corrected chi connectivity index (χ4v) is 3.86. The van der Waals surface area contributed by atoms with Gasteiger partial charge in [0.1, 0.15) is 0 Å². The van der Waals surface area contributed by atoms with Crippen LogP contribution in [-0.2, 0) is 9.84 Å². The largest absolute Gasteiger partial charge is 0.337 e. The maximum Gasteiger partial charge on any atom is 0.314 e. The van der Waals surface area contributed by atoms with Gasteiger partial charge in [-0.3, -0.25) is 0 Å². The number of sulfone groups is 1. The topological polar surface area (TPSA) is 78.5 Å². The van der Waals surface area contributed by atoms with Crippen molar-refractivity contribution < 1.29 is 13.2 Å². The van der Waals surface area contributed by atoms with Crippen LogP contribution in [0, 0.1) is 6.92 Å². The fraction of sp³-hybridized carbons (Fsp3) is 0.350. The Kier molecular flexibility index (Phi) is 7.38. The molecule has 2 aromatic rings. The molecule has 0 heterocycles. The number of carbonyl (C=O) groups excluding carboxylic acids is 1. The van der Waals surface area contributed by atoms with Crippen LogP contribution in [0.25, 0.3) is 0 Å². The Bertz CT molecular complexity index is 835. The summed E-state index contributed by atoms with van der Waals surface area (Å²) in [5, 5.41) is 5.43. The Morgan fingerprint density at radius 2 is 1.63 bits per heavy atom. The predicted molar refractivity (Wildman–Crippen MR) is 108 cm³/mol. The van der Waals surface area contributed by atoms with Crippen molar-refractivity contribution in [2.75, 3.05) is 32.9 Å². The monoisotopic (exact) mass is 389 g/mol. The van der Waals surface area contributed by atoms with Gasteiger partial charge in [-0.25, -0.2) is 13.2 Å². The lowest BCUT2D eigenvalue weighted by atomic mass is 10.0. The minimum absolute atomic E-state index is 0.0319. The fourth-order valence-electron chi connectivity index (χ4n) is 2.68. The first-order chi connectivity index (χ1) is 12.8. The quantitative estimate of drug-likeness (QED) is 0.727. The number of rotatable bonds is 8. The summed E-state index contributed by atoms with van der Waals surface area (Å²) in [6, 6.07) is 16.1. The van der Waals surface area contributed by atoms with Crippen molar-refractivity contribution >= 4 is 15.9 Å². The van der Waals surface area contributed by atoms with Gasteiger partial charge in [-0.2, -0.15) is 0 Å². The molecule has 0 aliphatic carbocycles. The van der Waals surface area contributed by atoms with Gasteiger partial charge in [0.25, 0.3) is 0 Å². The number of nitrogens with one attached hydrogen (secondary N) is 2. The van der Waals surface area contributed by atoms with Crippen molar-refractivity contribution in [1.29, 1.82) is 0 Å².